The summed E-state index contributed by atoms with van der Waals surface area (Å²) >= 11 is 0. The van der Waals surface area contributed by atoms with Crippen molar-refractivity contribution >= 4 is 11.8 Å². The fourth-order valence-electron chi connectivity index (χ4n) is 4.54. The fourth-order valence-corrected chi connectivity index (χ4v) is 4.54. The average Bonchev–Trinajstić information content (AvgIpc) is 3.23. The number of hydrogen-bond donors (Lipinski definition) is 3. The molecule has 0 aromatic heterocycles. The highest BCUT2D eigenvalue weighted by Crippen LogP contribution is 2.47. The first-order chi connectivity index (χ1) is 16.0. The minimum absolute atomic E-state index is 0.0968. The fraction of sp³-hybridized carbons (Fsp3) is 0.360. The molecule has 0 radical (unpaired) electrons. The number of nitrogens with zero attached hydrogens (tertiary/aromatic N) is 1. The van der Waals surface area contributed by atoms with Crippen LogP contribution >= 0.6 is 0 Å². The lowest BCUT2D eigenvalue weighted by molar-refractivity contribution is -0.141. The second-order valence-corrected chi connectivity index (χ2v) is 8.12. The van der Waals surface area contributed by atoms with Gasteiger partial charge in [-0.1, -0.05) is 48.5 Å². The smallest absolute Gasteiger partial charge is 0.249 e. The molecule has 4 rings (SSSR count). The maximum absolute atomic E-state index is 13.1. The van der Waals surface area contributed by atoms with Crippen molar-refractivity contribution in [2.45, 2.75) is 30.7 Å². The van der Waals surface area contributed by atoms with E-state index in [0.717, 1.165) is 11.1 Å². The summed E-state index contributed by atoms with van der Waals surface area (Å²) in [4.78, 5) is 27.6. The van der Waals surface area contributed by atoms with Crippen molar-refractivity contribution in [3.05, 3.63) is 77.4 Å². The molecule has 8 nitrogen and oxygen atoms in total. The number of fused-ring (bicyclic) bond motifs is 3. The van der Waals surface area contributed by atoms with Gasteiger partial charge < -0.3 is 29.9 Å². The van der Waals surface area contributed by atoms with Gasteiger partial charge in [-0.25, -0.2) is 0 Å². The molecule has 0 fully saturated rings. The van der Waals surface area contributed by atoms with Gasteiger partial charge in [-0.2, -0.15) is 0 Å². The van der Waals surface area contributed by atoms with E-state index in [-0.39, 0.29) is 38.1 Å². The number of methoxy groups -OCH3 is 1. The Morgan fingerprint density at radius 1 is 1.12 bits per heavy atom. The molecule has 0 saturated carbocycles. The normalized spacial score (nSPS) is 23.1. The molecule has 1 heterocycles. The molecule has 8 heteroatoms. The van der Waals surface area contributed by atoms with Crippen LogP contribution in [0.3, 0.4) is 0 Å². The van der Waals surface area contributed by atoms with Crippen LogP contribution in [0.2, 0.25) is 0 Å². The van der Waals surface area contributed by atoms with Crippen molar-refractivity contribution in [1.82, 2.24) is 10.2 Å². The van der Waals surface area contributed by atoms with E-state index in [1.807, 2.05) is 48.5 Å². The molecule has 0 saturated heterocycles. The third-order valence-corrected chi connectivity index (χ3v) is 6.02. The Hall–Kier alpha value is -3.20. The van der Waals surface area contributed by atoms with Crippen molar-refractivity contribution < 1.29 is 29.3 Å². The number of carbonyl (C=O) groups excluding carboxylic acids is 2. The third-order valence-electron chi connectivity index (χ3n) is 6.02. The number of nitrogens with one attached hydrogen (secondary N) is 1. The van der Waals surface area contributed by atoms with Crippen LogP contribution in [0.4, 0.5) is 0 Å². The van der Waals surface area contributed by atoms with Gasteiger partial charge >= 0.3 is 0 Å². The first-order valence-electron chi connectivity index (χ1n) is 10.9. The van der Waals surface area contributed by atoms with E-state index in [2.05, 4.69) is 5.32 Å². The summed E-state index contributed by atoms with van der Waals surface area (Å²) in [6, 6.07) is 16.0. The lowest BCUT2D eigenvalue weighted by atomic mass is 9.77. The third kappa shape index (κ3) is 4.64. The number of aliphatic hydroxyl groups excluding tert-OH is 2. The van der Waals surface area contributed by atoms with Crippen LogP contribution < -0.4 is 10.1 Å². The summed E-state index contributed by atoms with van der Waals surface area (Å²) in [6.45, 7) is -0.0272. The minimum Gasteiger partial charge on any atom is -0.486 e. The number of benzene rings is 2. The monoisotopic (exact) mass is 452 g/mol. The molecule has 2 aromatic rings. The lowest BCUT2D eigenvalue weighted by Gasteiger charge is -2.40. The van der Waals surface area contributed by atoms with Crippen LogP contribution in [-0.4, -0.2) is 72.0 Å². The van der Waals surface area contributed by atoms with Gasteiger partial charge in [0, 0.05) is 31.3 Å². The van der Waals surface area contributed by atoms with Crippen molar-refractivity contribution in [3.8, 4) is 5.75 Å². The Kier molecular flexibility index (Phi) is 7.08. The van der Waals surface area contributed by atoms with Crippen LogP contribution in [0, 0.1) is 0 Å². The number of amides is 2. The SMILES string of the molecule is COCC(=O)N(Cc1ccccc1)[C@@H]1C=C(C(=O)NCCO)[C@@H]2c3ccccc3O[C@@H]2[C@H]1O. The van der Waals surface area contributed by atoms with E-state index in [0.29, 0.717) is 11.3 Å². The zero-order valence-electron chi connectivity index (χ0n) is 18.4. The standard InChI is InChI=1S/C25H28N2O6/c1-32-15-21(29)27(14-16-7-3-2-4-8-16)19-13-18(25(31)26-11-12-28)22-17-9-5-6-10-20(17)33-24(22)23(19)30/h2-10,13,19,22-24,28,30H,11-12,14-15H2,1H3,(H,26,31)/t19-,22+,23+,24+/m1/s1. The number of carbonyl (C=O) groups is 2. The first-order valence-corrected chi connectivity index (χ1v) is 10.9. The maximum atomic E-state index is 13.1. The molecule has 1 aliphatic heterocycles. The molecule has 174 valence electrons. The molecule has 2 aliphatic rings. The Morgan fingerprint density at radius 2 is 1.85 bits per heavy atom. The summed E-state index contributed by atoms with van der Waals surface area (Å²) in [5.41, 5.74) is 2.09. The van der Waals surface area contributed by atoms with Crippen molar-refractivity contribution in [1.29, 1.82) is 0 Å². The molecular weight excluding hydrogens is 424 g/mol. The predicted octanol–water partition coefficient (Wildman–Crippen LogP) is 0.984. The zero-order chi connectivity index (χ0) is 23.4. The van der Waals surface area contributed by atoms with Gasteiger partial charge in [-0.15, -0.1) is 0 Å². The molecule has 33 heavy (non-hydrogen) atoms. The van der Waals surface area contributed by atoms with Crippen LogP contribution in [0.15, 0.2) is 66.2 Å². The van der Waals surface area contributed by atoms with Crippen molar-refractivity contribution in [3.63, 3.8) is 0 Å². The van der Waals surface area contributed by atoms with Gasteiger partial charge in [-0.05, 0) is 17.7 Å². The van der Waals surface area contributed by atoms with Crippen LogP contribution in [-0.2, 0) is 20.9 Å². The van der Waals surface area contributed by atoms with Crippen LogP contribution in [0.25, 0.3) is 0 Å². The topological polar surface area (TPSA) is 108 Å². The number of rotatable bonds is 8. The quantitative estimate of drug-likeness (QED) is 0.551. The minimum atomic E-state index is -1.07. The van der Waals surface area contributed by atoms with Crippen LogP contribution in [0.1, 0.15) is 17.0 Å². The lowest BCUT2D eigenvalue weighted by Crippen LogP contribution is -2.56. The Balaban J connectivity index is 1.75. The summed E-state index contributed by atoms with van der Waals surface area (Å²) in [6.07, 6.45) is -0.150. The summed E-state index contributed by atoms with van der Waals surface area (Å²) in [7, 11) is 1.44. The molecule has 0 spiro atoms. The van der Waals surface area contributed by atoms with E-state index < -0.39 is 24.2 Å². The molecule has 0 unspecified atom stereocenters. The Labute approximate surface area is 192 Å². The van der Waals surface area contributed by atoms with E-state index in [1.165, 1.54) is 12.0 Å². The van der Waals surface area contributed by atoms with Crippen molar-refractivity contribution in [2.75, 3.05) is 26.9 Å². The first kappa shape index (κ1) is 23.0. The van der Waals surface area contributed by atoms with E-state index in [4.69, 9.17) is 9.47 Å². The summed E-state index contributed by atoms with van der Waals surface area (Å²) < 4.78 is 11.2. The van der Waals surface area contributed by atoms with Gasteiger partial charge in [0.15, 0.2) is 0 Å². The number of aliphatic hydroxyl groups is 2. The van der Waals surface area contributed by atoms with Gasteiger partial charge in [0.05, 0.1) is 18.6 Å². The second kappa shape index (κ2) is 10.2. The molecule has 1 aliphatic carbocycles. The molecule has 2 aromatic carbocycles. The largest absolute Gasteiger partial charge is 0.486 e. The van der Waals surface area contributed by atoms with Gasteiger partial charge in [0.2, 0.25) is 11.8 Å². The molecular formula is C25H28N2O6. The zero-order valence-corrected chi connectivity index (χ0v) is 18.4. The van der Waals surface area contributed by atoms with Gasteiger partial charge in [-0.3, -0.25) is 9.59 Å². The van der Waals surface area contributed by atoms with Crippen molar-refractivity contribution in [2.24, 2.45) is 0 Å². The summed E-state index contributed by atoms with van der Waals surface area (Å²) in [5, 5.41) is 23.2. The Bertz CT molecular complexity index is 1020. The number of para-hydroxylation sites is 1. The molecule has 4 atom stereocenters. The molecule has 3 N–H and O–H groups in total. The highest BCUT2D eigenvalue weighted by Gasteiger charge is 2.50. The van der Waals surface area contributed by atoms with E-state index >= 15 is 0 Å². The highest BCUT2D eigenvalue weighted by atomic mass is 16.5. The van der Waals surface area contributed by atoms with Gasteiger partial charge in [0.1, 0.15) is 24.6 Å². The van der Waals surface area contributed by atoms with E-state index in [9.17, 15) is 19.8 Å². The Morgan fingerprint density at radius 3 is 2.58 bits per heavy atom. The second-order valence-electron chi connectivity index (χ2n) is 8.12. The van der Waals surface area contributed by atoms with Gasteiger partial charge in [0.25, 0.3) is 0 Å². The summed E-state index contributed by atoms with van der Waals surface area (Å²) in [5.74, 6) is -0.561. The molecule has 0 bridgehead atoms. The van der Waals surface area contributed by atoms with E-state index in [1.54, 1.807) is 12.1 Å². The molecule has 2 amide bonds. The number of hydrogen-bond acceptors (Lipinski definition) is 6. The van der Waals surface area contributed by atoms with Crippen LogP contribution in [0.5, 0.6) is 5.75 Å². The maximum Gasteiger partial charge on any atom is 0.249 e. The highest BCUT2D eigenvalue weighted by molar-refractivity contribution is 5.96. The predicted molar refractivity (Wildman–Crippen MR) is 120 cm³/mol. The number of ether oxygens (including phenoxy) is 2. The average molecular weight is 453 g/mol.